The maximum absolute atomic E-state index is 13.7. The molecule has 0 radical (unpaired) electrons. The summed E-state index contributed by atoms with van der Waals surface area (Å²) in [5.41, 5.74) is 2.46. The molecule has 3 heterocycles. The number of carbonyl (C=O) groups is 2. The first-order valence-electron chi connectivity index (χ1n) is 15.3. The molecule has 2 aromatic carbocycles. The Bertz CT molecular complexity index is 1530. The highest BCUT2D eigenvalue weighted by Gasteiger charge is 2.47. The van der Waals surface area contributed by atoms with Gasteiger partial charge in [-0.3, -0.25) is 14.7 Å². The number of aryl methyl sites for hydroxylation is 1. The van der Waals surface area contributed by atoms with Crippen molar-refractivity contribution < 1.29 is 23.8 Å². The summed E-state index contributed by atoms with van der Waals surface area (Å²) in [4.78, 5) is 35.1. The van der Waals surface area contributed by atoms with E-state index in [2.05, 4.69) is 15.2 Å². The number of hydrogen-bond acceptors (Lipinski definition) is 7. The molecule has 228 valence electrons. The van der Waals surface area contributed by atoms with Gasteiger partial charge in [0.05, 0.1) is 18.2 Å². The molecule has 9 heteroatoms. The van der Waals surface area contributed by atoms with Crippen molar-refractivity contribution in [3.8, 4) is 11.5 Å². The fraction of sp³-hybridized carbons (Fsp3) is 0.500. The molecule has 0 spiro atoms. The van der Waals surface area contributed by atoms with Gasteiger partial charge in [-0.15, -0.1) is 0 Å². The molecule has 3 aromatic rings. The molecule has 2 aliphatic heterocycles. The number of aromatic nitrogens is 1. The Balaban J connectivity index is 1.10. The normalized spacial score (nSPS) is 21.3. The Morgan fingerprint density at radius 1 is 1.07 bits per heavy atom. The number of pyridine rings is 1. The van der Waals surface area contributed by atoms with E-state index in [1.165, 1.54) is 0 Å². The lowest BCUT2D eigenvalue weighted by atomic mass is 9.97. The molecule has 2 amide bonds. The van der Waals surface area contributed by atoms with Gasteiger partial charge in [-0.1, -0.05) is 12.1 Å². The molecule has 6 rings (SSSR count). The molecule has 0 unspecified atom stereocenters. The lowest BCUT2D eigenvalue weighted by Crippen LogP contribution is -2.55. The molecular formula is C34H42N4O5. The molecule has 3 fully saturated rings. The van der Waals surface area contributed by atoms with Gasteiger partial charge in [0.2, 0.25) is 0 Å². The third kappa shape index (κ3) is 6.13. The molecule has 3 aliphatic rings. The smallest absolute Gasteiger partial charge is 0.410 e. The number of amides is 2. The van der Waals surface area contributed by atoms with E-state index in [0.29, 0.717) is 37.1 Å². The predicted octanol–water partition coefficient (Wildman–Crippen LogP) is 5.43. The second-order valence-electron chi connectivity index (χ2n) is 13.1. The zero-order valence-electron chi connectivity index (χ0n) is 25.8. The van der Waals surface area contributed by atoms with E-state index >= 15 is 0 Å². The average Bonchev–Trinajstić information content (AvgIpc) is 3.65. The van der Waals surface area contributed by atoms with Crippen molar-refractivity contribution in [3.63, 3.8) is 0 Å². The first kappa shape index (κ1) is 29.2. The minimum absolute atomic E-state index is 0.112. The fourth-order valence-electron chi connectivity index (χ4n) is 6.50. The summed E-state index contributed by atoms with van der Waals surface area (Å²) < 4.78 is 17.4. The van der Waals surface area contributed by atoms with Crippen LogP contribution in [0.25, 0.3) is 10.9 Å². The molecule has 1 aromatic heterocycles. The van der Waals surface area contributed by atoms with Crippen LogP contribution < -0.4 is 14.8 Å². The van der Waals surface area contributed by atoms with Crippen LogP contribution in [0.4, 0.5) is 4.79 Å². The summed E-state index contributed by atoms with van der Waals surface area (Å²) >= 11 is 0. The van der Waals surface area contributed by atoms with Gasteiger partial charge in [-0.2, -0.15) is 0 Å². The largest absolute Gasteiger partial charge is 0.497 e. The standard InChI is InChI=1S/C34H42N4O5/c1-22-8-11-25(42-21-24-10-9-23-20-37(15-16-38(23)24)32(40)43-33(2,3)4)17-28(22)31(39)36-34(12-13-34)29-18-26(41-5)19-30-27(29)7-6-14-35-30/h6-8,11,14,17-19,23-24H,9-10,12-13,15-16,20-21H2,1-5H3,(H,36,39)/t23-,24+/m1/s1. The van der Waals surface area contributed by atoms with Crippen LogP contribution in [0.1, 0.15) is 67.9 Å². The molecule has 2 saturated heterocycles. The Morgan fingerprint density at radius 2 is 1.88 bits per heavy atom. The van der Waals surface area contributed by atoms with E-state index in [-0.39, 0.29) is 18.0 Å². The summed E-state index contributed by atoms with van der Waals surface area (Å²) in [6.07, 6.45) is 5.28. The Kier molecular flexibility index (Phi) is 7.71. The highest BCUT2D eigenvalue weighted by Crippen LogP contribution is 2.49. The average molecular weight is 587 g/mol. The topological polar surface area (TPSA) is 93.2 Å². The van der Waals surface area contributed by atoms with E-state index in [1.54, 1.807) is 13.3 Å². The predicted molar refractivity (Wildman–Crippen MR) is 165 cm³/mol. The van der Waals surface area contributed by atoms with Crippen molar-refractivity contribution in [1.82, 2.24) is 20.1 Å². The molecule has 43 heavy (non-hydrogen) atoms. The zero-order valence-corrected chi connectivity index (χ0v) is 25.8. The van der Waals surface area contributed by atoms with E-state index < -0.39 is 11.1 Å². The van der Waals surface area contributed by atoms with Gasteiger partial charge in [-0.05, 0) is 88.8 Å². The van der Waals surface area contributed by atoms with Gasteiger partial charge in [0, 0.05) is 54.9 Å². The number of benzene rings is 2. The number of piperazine rings is 1. The van der Waals surface area contributed by atoms with Crippen molar-refractivity contribution in [2.45, 2.75) is 76.6 Å². The Morgan fingerprint density at radius 3 is 2.63 bits per heavy atom. The summed E-state index contributed by atoms with van der Waals surface area (Å²) in [6.45, 7) is 10.3. The number of nitrogens with one attached hydrogen (secondary N) is 1. The molecule has 2 atom stereocenters. The van der Waals surface area contributed by atoms with Crippen LogP contribution in [0.3, 0.4) is 0 Å². The van der Waals surface area contributed by atoms with Crippen LogP contribution >= 0.6 is 0 Å². The van der Waals surface area contributed by atoms with Gasteiger partial charge < -0.3 is 24.4 Å². The third-order valence-corrected chi connectivity index (χ3v) is 8.93. The van der Waals surface area contributed by atoms with Crippen molar-refractivity contribution in [3.05, 3.63) is 65.4 Å². The first-order valence-corrected chi connectivity index (χ1v) is 15.3. The van der Waals surface area contributed by atoms with E-state index in [0.717, 1.165) is 60.0 Å². The number of rotatable bonds is 7. The van der Waals surface area contributed by atoms with Gasteiger partial charge in [0.25, 0.3) is 5.91 Å². The van der Waals surface area contributed by atoms with E-state index in [4.69, 9.17) is 14.2 Å². The highest BCUT2D eigenvalue weighted by molar-refractivity contribution is 5.97. The van der Waals surface area contributed by atoms with Crippen LogP contribution in [0.2, 0.25) is 0 Å². The first-order chi connectivity index (χ1) is 20.5. The lowest BCUT2D eigenvalue weighted by molar-refractivity contribution is 0.00268. The maximum atomic E-state index is 13.7. The summed E-state index contributed by atoms with van der Waals surface area (Å²) in [6, 6.07) is 14.3. The third-order valence-electron chi connectivity index (χ3n) is 8.93. The van der Waals surface area contributed by atoms with Crippen molar-refractivity contribution >= 4 is 22.9 Å². The molecule has 1 saturated carbocycles. The molecule has 1 aliphatic carbocycles. The number of methoxy groups -OCH3 is 1. The molecule has 9 nitrogen and oxygen atoms in total. The summed E-state index contributed by atoms with van der Waals surface area (Å²) in [5.74, 6) is 1.31. The number of carbonyl (C=O) groups excluding carboxylic acids is 2. The van der Waals surface area contributed by atoms with Crippen LogP contribution in [-0.4, -0.2) is 77.8 Å². The number of ether oxygens (including phenoxy) is 3. The maximum Gasteiger partial charge on any atom is 0.410 e. The van der Waals surface area contributed by atoms with Crippen molar-refractivity contribution in [1.29, 1.82) is 0 Å². The number of fused-ring (bicyclic) bond motifs is 2. The summed E-state index contributed by atoms with van der Waals surface area (Å²) in [7, 11) is 1.65. The zero-order chi connectivity index (χ0) is 30.4. The SMILES string of the molecule is COc1cc(C2(NC(=O)c3cc(OC[C@@H]4CC[C@@H]5CN(C(=O)OC(C)(C)C)CCN54)ccc3C)CC2)c2cccnc2c1. The van der Waals surface area contributed by atoms with Gasteiger partial charge in [-0.25, -0.2) is 4.79 Å². The fourth-order valence-corrected chi connectivity index (χ4v) is 6.50. The number of nitrogens with zero attached hydrogens (tertiary/aromatic N) is 3. The summed E-state index contributed by atoms with van der Waals surface area (Å²) in [5, 5.41) is 4.37. The van der Waals surface area contributed by atoms with Gasteiger partial charge >= 0.3 is 6.09 Å². The highest BCUT2D eigenvalue weighted by atomic mass is 16.6. The van der Waals surface area contributed by atoms with Crippen LogP contribution in [0, 0.1) is 6.92 Å². The van der Waals surface area contributed by atoms with Gasteiger partial charge in [0.15, 0.2) is 0 Å². The monoisotopic (exact) mass is 586 g/mol. The minimum atomic E-state index is -0.496. The number of hydrogen-bond donors (Lipinski definition) is 1. The van der Waals surface area contributed by atoms with Crippen LogP contribution in [0.5, 0.6) is 11.5 Å². The van der Waals surface area contributed by atoms with Crippen molar-refractivity contribution in [2.75, 3.05) is 33.4 Å². The Hall–Kier alpha value is -3.85. The van der Waals surface area contributed by atoms with Crippen LogP contribution in [-0.2, 0) is 10.3 Å². The second kappa shape index (κ2) is 11.3. The lowest BCUT2D eigenvalue weighted by Gasteiger charge is -2.40. The molecule has 1 N–H and O–H groups in total. The van der Waals surface area contributed by atoms with Crippen LogP contribution in [0.15, 0.2) is 48.7 Å². The minimum Gasteiger partial charge on any atom is -0.497 e. The van der Waals surface area contributed by atoms with E-state index in [1.807, 2.05) is 75.1 Å². The van der Waals surface area contributed by atoms with Gasteiger partial charge in [0.1, 0.15) is 23.7 Å². The van der Waals surface area contributed by atoms with E-state index in [9.17, 15) is 9.59 Å². The quantitative estimate of drug-likeness (QED) is 0.395. The Labute approximate surface area is 253 Å². The van der Waals surface area contributed by atoms with Crippen molar-refractivity contribution in [2.24, 2.45) is 0 Å². The second-order valence-corrected chi connectivity index (χ2v) is 13.1. The molecular weight excluding hydrogens is 544 g/mol. The molecule has 0 bridgehead atoms.